The van der Waals surface area contributed by atoms with E-state index in [-0.39, 0.29) is 6.03 Å². The van der Waals surface area contributed by atoms with Gasteiger partial charge < -0.3 is 20.2 Å². The maximum absolute atomic E-state index is 12.1. The molecule has 2 amide bonds. The molecule has 1 fully saturated rings. The average molecular weight is 319 g/mol. The summed E-state index contributed by atoms with van der Waals surface area (Å²) in [7, 11) is 0. The van der Waals surface area contributed by atoms with Crippen molar-refractivity contribution in [3.63, 3.8) is 0 Å². The summed E-state index contributed by atoms with van der Waals surface area (Å²) in [5, 5.41) is 11.9. The summed E-state index contributed by atoms with van der Waals surface area (Å²) in [6.07, 6.45) is 0.535. The van der Waals surface area contributed by atoms with E-state index in [0.29, 0.717) is 26.1 Å². The number of likely N-dealkylation sites (tertiary alicyclic amines) is 1. The monoisotopic (exact) mass is 319 g/mol. The molecule has 6 heteroatoms. The fraction of sp³-hybridized carbons (Fsp3) is 0.529. The molecule has 0 aliphatic carbocycles. The van der Waals surface area contributed by atoms with E-state index in [2.05, 4.69) is 36.2 Å². The van der Waals surface area contributed by atoms with E-state index in [1.165, 1.54) is 11.3 Å². The van der Waals surface area contributed by atoms with E-state index in [0.717, 1.165) is 13.1 Å². The number of hydrogen-bond acceptors (Lipinski definition) is 3. The fourth-order valence-electron chi connectivity index (χ4n) is 2.92. The van der Waals surface area contributed by atoms with E-state index in [1.807, 2.05) is 12.1 Å². The van der Waals surface area contributed by atoms with Gasteiger partial charge in [0.1, 0.15) is 0 Å². The number of anilines is 1. The molecule has 1 unspecified atom stereocenters. The number of rotatable bonds is 6. The highest BCUT2D eigenvalue weighted by Gasteiger charge is 2.30. The maximum Gasteiger partial charge on any atom is 0.317 e. The molecule has 1 aromatic carbocycles. The van der Waals surface area contributed by atoms with Crippen molar-refractivity contribution in [1.82, 2.24) is 10.2 Å². The number of para-hydroxylation sites is 1. The normalized spacial score (nSPS) is 17.1. The van der Waals surface area contributed by atoms with Crippen LogP contribution >= 0.6 is 0 Å². The zero-order chi connectivity index (χ0) is 16.8. The van der Waals surface area contributed by atoms with Crippen LogP contribution in [0.3, 0.4) is 0 Å². The first-order chi connectivity index (χ1) is 11.0. The van der Waals surface area contributed by atoms with E-state index < -0.39 is 11.9 Å². The average Bonchev–Trinajstić information content (AvgIpc) is 3.03. The second kappa shape index (κ2) is 7.85. The number of carbonyl (C=O) groups excluding carboxylic acids is 1. The largest absolute Gasteiger partial charge is 0.481 e. The molecule has 1 saturated heterocycles. The van der Waals surface area contributed by atoms with E-state index in [1.54, 1.807) is 4.90 Å². The standard InChI is InChI=1S/C17H25N3O3/c1-3-19(15-7-5-4-6-13(15)2)11-9-18-17(23)20-10-8-14(12-20)16(21)22/h4-7,14H,3,8-12H2,1-2H3,(H,18,23)(H,21,22). The fourth-order valence-corrected chi connectivity index (χ4v) is 2.92. The number of amides is 2. The lowest BCUT2D eigenvalue weighted by Crippen LogP contribution is -2.42. The number of benzene rings is 1. The lowest BCUT2D eigenvalue weighted by Gasteiger charge is -2.25. The molecule has 1 aromatic rings. The Bertz CT molecular complexity index is 562. The summed E-state index contributed by atoms with van der Waals surface area (Å²) in [5.74, 6) is -1.25. The molecule has 0 radical (unpaired) electrons. The van der Waals surface area contributed by atoms with Gasteiger partial charge in [0.15, 0.2) is 0 Å². The second-order valence-electron chi connectivity index (χ2n) is 5.87. The van der Waals surface area contributed by atoms with Crippen LogP contribution in [0.5, 0.6) is 0 Å². The third-order valence-electron chi connectivity index (χ3n) is 4.32. The third kappa shape index (κ3) is 4.37. The zero-order valence-electron chi connectivity index (χ0n) is 13.8. The van der Waals surface area contributed by atoms with Gasteiger partial charge in [-0.2, -0.15) is 0 Å². The van der Waals surface area contributed by atoms with Gasteiger partial charge in [-0.15, -0.1) is 0 Å². The molecule has 0 spiro atoms. The van der Waals surface area contributed by atoms with Gasteiger partial charge >= 0.3 is 12.0 Å². The van der Waals surface area contributed by atoms with Crippen molar-refractivity contribution in [2.45, 2.75) is 20.3 Å². The van der Waals surface area contributed by atoms with Crippen LogP contribution in [-0.2, 0) is 4.79 Å². The third-order valence-corrected chi connectivity index (χ3v) is 4.32. The second-order valence-corrected chi connectivity index (χ2v) is 5.87. The molecule has 2 rings (SSSR count). The van der Waals surface area contributed by atoms with Crippen LogP contribution in [0.15, 0.2) is 24.3 Å². The molecular weight excluding hydrogens is 294 g/mol. The van der Waals surface area contributed by atoms with E-state index in [4.69, 9.17) is 5.11 Å². The molecule has 6 nitrogen and oxygen atoms in total. The van der Waals surface area contributed by atoms with Crippen molar-refractivity contribution in [1.29, 1.82) is 0 Å². The Balaban J connectivity index is 1.81. The summed E-state index contributed by atoms with van der Waals surface area (Å²) in [5.41, 5.74) is 2.39. The van der Waals surface area contributed by atoms with Crippen LogP contribution in [0.4, 0.5) is 10.5 Å². The molecule has 0 saturated carbocycles. The SMILES string of the molecule is CCN(CCNC(=O)N1CCC(C(=O)O)C1)c1ccccc1C. The van der Waals surface area contributed by atoms with Crippen LogP contribution in [0.2, 0.25) is 0 Å². The Kier molecular flexibility index (Phi) is 5.84. The molecule has 2 N–H and O–H groups in total. The van der Waals surface area contributed by atoms with Crippen molar-refractivity contribution >= 4 is 17.7 Å². The Hall–Kier alpha value is -2.24. The van der Waals surface area contributed by atoms with E-state index >= 15 is 0 Å². The quantitative estimate of drug-likeness (QED) is 0.840. The highest BCUT2D eigenvalue weighted by Crippen LogP contribution is 2.19. The van der Waals surface area contributed by atoms with Gasteiger partial charge in [0.2, 0.25) is 0 Å². The van der Waals surface area contributed by atoms with Crippen molar-refractivity contribution in [3.8, 4) is 0 Å². The van der Waals surface area contributed by atoms with Crippen molar-refractivity contribution in [3.05, 3.63) is 29.8 Å². The van der Waals surface area contributed by atoms with Crippen LogP contribution < -0.4 is 10.2 Å². The molecule has 1 aliphatic rings. The number of aryl methyl sites for hydroxylation is 1. The summed E-state index contributed by atoms with van der Waals surface area (Å²) in [6.45, 7) is 7.11. The summed E-state index contributed by atoms with van der Waals surface area (Å²) in [6, 6.07) is 8.01. The van der Waals surface area contributed by atoms with Crippen LogP contribution in [0.25, 0.3) is 0 Å². The molecule has 1 aliphatic heterocycles. The van der Waals surface area contributed by atoms with Gasteiger partial charge in [-0.25, -0.2) is 4.79 Å². The first kappa shape index (κ1) is 17.1. The lowest BCUT2D eigenvalue weighted by molar-refractivity contribution is -0.141. The van der Waals surface area contributed by atoms with Gasteiger partial charge in [0, 0.05) is 38.4 Å². The van der Waals surface area contributed by atoms with Gasteiger partial charge in [0.05, 0.1) is 5.92 Å². The number of carboxylic acid groups (broad SMARTS) is 1. The number of carbonyl (C=O) groups is 2. The van der Waals surface area contributed by atoms with E-state index in [9.17, 15) is 9.59 Å². The maximum atomic E-state index is 12.1. The lowest BCUT2D eigenvalue weighted by atomic mass is 10.1. The van der Waals surface area contributed by atoms with Crippen LogP contribution in [0, 0.1) is 12.8 Å². The minimum atomic E-state index is -0.822. The van der Waals surface area contributed by atoms with Crippen LogP contribution in [0.1, 0.15) is 18.9 Å². The predicted octanol–water partition coefficient (Wildman–Crippen LogP) is 1.94. The number of likely N-dealkylation sites (N-methyl/N-ethyl adjacent to an activating group) is 1. The van der Waals surface area contributed by atoms with Gasteiger partial charge in [-0.1, -0.05) is 18.2 Å². The van der Waals surface area contributed by atoms with Gasteiger partial charge in [0.25, 0.3) is 0 Å². The number of nitrogens with one attached hydrogen (secondary N) is 1. The molecule has 0 bridgehead atoms. The predicted molar refractivity (Wildman–Crippen MR) is 89.8 cm³/mol. The molecule has 1 atom stereocenters. The minimum Gasteiger partial charge on any atom is -0.481 e. The van der Waals surface area contributed by atoms with Crippen molar-refractivity contribution < 1.29 is 14.7 Å². The number of carboxylic acids is 1. The minimum absolute atomic E-state index is 0.172. The molecular formula is C17H25N3O3. The smallest absolute Gasteiger partial charge is 0.317 e. The highest BCUT2D eigenvalue weighted by atomic mass is 16.4. The summed E-state index contributed by atoms with van der Waals surface area (Å²) in [4.78, 5) is 26.8. The highest BCUT2D eigenvalue weighted by molar-refractivity contribution is 5.77. The Morgan fingerprint density at radius 2 is 2.13 bits per heavy atom. The van der Waals surface area contributed by atoms with Gasteiger partial charge in [-0.3, -0.25) is 4.79 Å². The van der Waals surface area contributed by atoms with Crippen molar-refractivity contribution in [2.24, 2.45) is 5.92 Å². The molecule has 1 heterocycles. The molecule has 0 aromatic heterocycles. The first-order valence-corrected chi connectivity index (χ1v) is 8.09. The number of urea groups is 1. The number of nitrogens with zero attached hydrogens (tertiary/aromatic N) is 2. The number of aliphatic carboxylic acids is 1. The summed E-state index contributed by atoms with van der Waals surface area (Å²) < 4.78 is 0. The number of hydrogen-bond donors (Lipinski definition) is 2. The summed E-state index contributed by atoms with van der Waals surface area (Å²) >= 11 is 0. The molecule has 126 valence electrons. The Morgan fingerprint density at radius 3 is 2.74 bits per heavy atom. The Morgan fingerprint density at radius 1 is 1.39 bits per heavy atom. The Labute approximate surface area is 137 Å². The van der Waals surface area contributed by atoms with Crippen molar-refractivity contribution in [2.75, 3.05) is 37.6 Å². The zero-order valence-corrected chi connectivity index (χ0v) is 13.8. The first-order valence-electron chi connectivity index (χ1n) is 8.09. The topological polar surface area (TPSA) is 72.9 Å². The van der Waals surface area contributed by atoms with Crippen LogP contribution in [-0.4, -0.2) is 54.7 Å². The molecule has 23 heavy (non-hydrogen) atoms. The van der Waals surface area contributed by atoms with Gasteiger partial charge in [-0.05, 0) is 31.9 Å².